The molecule has 4 rings (SSSR count). The molecule has 32 heavy (non-hydrogen) atoms. The Morgan fingerprint density at radius 2 is 1.78 bits per heavy atom. The molecule has 0 fully saturated rings. The fraction of sp³-hybridized carbons (Fsp3) is 0.190. The number of ether oxygens (including phenoxy) is 3. The van der Waals surface area contributed by atoms with Crippen LogP contribution in [0, 0.1) is 0 Å². The number of amides is 1. The first kappa shape index (κ1) is 20.8. The van der Waals surface area contributed by atoms with E-state index in [1.807, 2.05) is 6.92 Å². The highest BCUT2D eigenvalue weighted by molar-refractivity contribution is 5.84. The smallest absolute Gasteiger partial charge is 0.410 e. The van der Waals surface area contributed by atoms with Crippen molar-refractivity contribution in [3.8, 4) is 34.6 Å². The lowest BCUT2D eigenvalue weighted by Gasteiger charge is -2.16. The van der Waals surface area contributed by atoms with Crippen molar-refractivity contribution in [1.29, 1.82) is 0 Å². The van der Waals surface area contributed by atoms with Crippen molar-refractivity contribution in [2.45, 2.75) is 6.92 Å². The Kier molecular flexibility index (Phi) is 5.71. The Morgan fingerprint density at radius 1 is 1.06 bits per heavy atom. The number of rotatable bonds is 7. The Hall–Kier alpha value is -4.41. The van der Waals surface area contributed by atoms with Crippen molar-refractivity contribution >= 4 is 23.2 Å². The third-order valence-electron chi connectivity index (χ3n) is 4.48. The highest BCUT2D eigenvalue weighted by Crippen LogP contribution is 2.37. The Morgan fingerprint density at radius 3 is 2.44 bits per heavy atom. The molecule has 0 radical (unpaired) electrons. The van der Waals surface area contributed by atoms with Crippen molar-refractivity contribution in [3.05, 3.63) is 42.6 Å². The van der Waals surface area contributed by atoms with E-state index < -0.39 is 6.09 Å². The third kappa shape index (κ3) is 3.83. The first-order valence-electron chi connectivity index (χ1n) is 9.62. The van der Waals surface area contributed by atoms with Gasteiger partial charge in [0.1, 0.15) is 22.9 Å². The molecule has 1 amide bonds. The fourth-order valence-electron chi connectivity index (χ4n) is 3.23. The summed E-state index contributed by atoms with van der Waals surface area (Å²) in [6, 6.07) is 10.6. The molecule has 0 bridgehead atoms. The summed E-state index contributed by atoms with van der Waals surface area (Å²) in [6.07, 6.45) is 0.0343. The minimum Gasteiger partial charge on any atom is -0.494 e. The van der Waals surface area contributed by atoms with E-state index in [4.69, 9.17) is 19.3 Å². The second-order valence-electron chi connectivity index (χ2n) is 6.41. The molecule has 1 aromatic carbocycles. The molecule has 164 valence electrons. The van der Waals surface area contributed by atoms with Crippen LogP contribution in [-0.2, 0) is 0 Å². The van der Waals surface area contributed by atoms with Crippen molar-refractivity contribution < 1.29 is 24.1 Å². The molecule has 3 aromatic heterocycles. The van der Waals surface area contributed by atoms with Gasteiger partial charge >= 0.3 is 6.09 Å². The number of methoxy groups -OCH3 is 2. The van der Waals surface area contributed by atoms with E-state index >= 15 is 0 Å². The zero-order chi connectivity index (χ0) is 22.7. The van der Waals surface area contributed by atoms with Crippen molar-refractivity contribution in [2.24, 2.45) is 0 Å². The largest absolute Gasteiger partial charge is 0.494 e. The molecule has 11 nitrogen and oxygen atoms in total. The molecule has 0 atom stereocenters. The van der Waals surface area contributed by atoms with Crippen LogP contribution in [0.1, 0.15) is 6.92 Å². The van der Waals surface area contributed by atoms with Gasteiger partial charge in [-0.2, -0.15) is 0 Å². The fourth-order valence-corrected chi connectivity index (χ4v) is 3.23. The number of imidazole rings is 1. The summed E-state index contributed by atoms with van der Waals surface area (Å²) in [5, 5.41) is 11.3. The number of aromatic nitrogens is 5. The van der Waals surface area contributed by atoms with Gasteiger partial charge in [0.2, 0.25) is 5.88 Å². The van der Waals surface area contributed by atoms with Crippen LogP contribution in [-0.4, -0.2) is 56.5 Å². The second kappa shape index (κ2) is 8.76. The summed E-state index contributed by atoms with van der Waals surface area (Å²) in [6.45, 7) is 2.33. The van der Waals surface area contributed by atoms with Gasteiger partial charge in [0.25, 0.3) is 0 Å². The van der Waals surface area contributed by atoms with Crippen LogP contribution in [0.25, 0.3) is 28.5 Å². The van der Waals surface area contributed by atoms with E-state index in [9.17, 15) is 4.79 Å². The van der Waals surface area contributed by atoms with Gasteiger partial charge in [0, 0.05) is 6.07 Å². The molecule has 0 aliphatic heterocycles. The quantitative estimate of drug-likeness (QED) is 0.447. The Labute approximate surface area is 182 Å². The molecular formula is C21H20N6O5. The predicted octanol–water partition coefficient (Wildman–Crippen LogP) is 3.38. The van der Waals surface area contributed by atoms with Crippen LogP contribution in [0.2, 0.25) is 0 Å². The van der Waals surface area contributed by atoms with Gasteiger partial charge in [-0.25, -0.2) is 24.7 Å². The number of hydrogen-bond acceptors (Lipinski definition) is 8. The summed E-state index contributed by atoms with van der Waals surface area (Å²) in [5.74, 6) is 1.86. The van der Waals surface area contributed by atoms with Gasteiger partial charge in [-0.1, -0.05) is 12.1 Å². The number of hydrogen-bond donors (Lipinski definition) is 2. The second-order valence-corrected chi connectivity index (χ2v) is 6.41. The standard InChI is InChI=1S/C21H20N6O5/c1-4-32-16-10-5-7-12(23-16)19-26-18-20(24-15(11-22-18)25-21(28)29)27(19)17-13(30-2)8-6-9-14(17)31-3/h5-11H,4H2,1-3H3,(H,24,25)(H,28,29). The number of para-hydroxylation sites is 1. The first-order chi connectivity index (χ1) is 15.5. The van der Waals surface area contributed by atoms with E-state index in [1.54, 1.807) is 41.0 Å². The topological polar surface area (TPSA) is 134 Å². The monoisotopic (exact) mass is 436 g/mol. The van der Waals surface area contributed by atoms with Crippen LogP contribution in [0.15, 0.2) is 42.6 Å². The van der Waals surface area contributed by atoms with Gasteiger partial charge in [-0.3, -0.25) is 9.88 Å². The normalized spacial score (nSPS) is 10.7. The molecule has 0 spiro atoms. The first-order valence-corrected chi connectivity index (χ1v) is 9.62. The minimum absolute atomic E-state index is 0.0441. The molecular weight excluding hydrogens is 416 g/mol. The molecule has 2 N–H and O–H groups in total. The molecule has 0 saturated heterocycles. The number of carbonyl (C=O) groups is 1. The van der Waals surface area contributed by atoms with Gasteiger partial charge < -0.3 is 19.3 Å². The lowest BCUT2D eigenvalue weighted by Crippen LogP contribution is -2.10. The van der Waals surface area contributed by atoms with Gasteiger partial charge in [0.15, 0.2) is 22.9 Å². The maximum absolute atomic E-state index is 11.1. The van der Waals surface area contributed by atoms with Gasteiger partial charge in [-0.15, -0.1) is 0 Å². The van der Waals surface area contributed by atoms with Gasteiger partial charge in [-0.05, 0) is 25.1 Å². The number of carboxylic acid groups (broad SMARTS) is 1. The molecule has 4 aromatic rings. The van der Waals surface area contributed by atoms with E-state index in [2.05, 4.69) is 25.3 Å². The van der Waals surface area contributed by atoms with Gasteiger partial charge in [0.05, 0.1) is 27.0 Å². The van der Waals surface area contributed by atoms with Crippen molar-refractivity contribution in [3.63, 3.8) is 0 Å². The minimum atomic E-state index is -1.26. The van der Waals surface area contributed by atoms with E-state index in [-0.39, 0.29) is 17.1 Å². The Balaban J connectivity index is 2.06. The summed E-state index contributed by atoms with van der Waals surface area (Å²) < 4.78 is 18.4. The molecule has 0 aliphatic rings. The number of nitrogens with one attached hydrogen (secondary N) is 1. The molecule has 0 saturated carbocycles. The number of nitrogens with zero attached hydrogens (tertiary/aromatic N) is 5. The third-order valence-corrected chi connectivity index (χ3v) is 4.48. The van der Waals surface area contributed by atoms with Crippen LogP contribution < -0.4 is 19.5 Å². The average molecular weight is 436 g/mol. The van der Waals surface area contributed by atoms with Crippen LogP contribution in [0.3, 0.4) is 0 Å². The molecule has 11 heteroatoms. The summed E-state index contributed by atoms with van der Waals surface area (Å²) in [5.41, 5.74) is 1.59. The summed E-state index contributed by atoms with van der Waals surface area (Å²) in [7, 11) is 3.07. The number of benzene rings is 1. The number of pyridine rings is 1. The SMILES string of the molecule is CCOc1cccc(-c2nc3ncc(NC(=O)O)nc3n2-c2c(OC)cccc2OC)n1. The average Bonchev–Trinajstić information content (AvgIpc) is 3.17. The lowest BCUT2D eigenvalue weighted by molar-refractivity contribution is 0.209. The molecule has 0 unspecified atom stereocenters. The van der Waals surface area contributed by atoms with Crippen LogP contribution >= 0.6 is 0 Å². The maximum Gasteiger partial charge on any atom is 0.410 e. The number of anilines is 1. The summed E-state index contributed by atoms with van der Waals surface area (Å²) >= 11 is 0. The number of fused-ring (bicyclic) bond motifs is 1. The maximum atomic E-state index is 11.1. The van der Waals surface area contributed by atoms with Crippen LogP contribution in [0.4, 0.5) is 10.6 Å². The van der Waals surface area contributed by atoms with E-state index in [0.29, 0.717) is 41.2 Å². The lowest BCUT2D eigenvalue weighted by atomic mass is 10.2. The highest BCUT2D eigenvalue weighted by atomic mass is 16.5. The summed E-state index contributed by atoms with van der Waals surface area (Å²) in [4.78, 5) is 29.0. The zero-order valence-corrected chi connectivity index (χ0v) is 17.6. The van der Waals surface area contributed by atoms with Crippen molar-refractivity contribution in [1.82, 2.24) is 24.5 Å². The van der Waals surface area contributed by atoms with Crippen LogP contribution in [0.5, 0.6) is 17.4 Å². The van der Waals surface area contributed by atoms with E-state index in [1.165, 1.54) is 20.4 Å². The molecule has 3 heterocycles. The van der Waals surface area contributed by atoms with Crippen molar-refractivity contribution in [2.75, 3.05) is 26.1 Å². The Bertz CT molecular complexity index is 1270. The molecule has 0 aliphatic carbocycles. The van der Waals surface area contributed by atoms with E-state index in [0.717, 1.165) is 0 Å². The predicted molar refractivity (Wildman–Crippen MR) is 116 cm³/mol. The highest BCUT2D eigenvalue weighted by Gasteiger charge is 2.24. The zero-order valence-electron chi connectivity index (χ0n) is 17.6.